The second kappa shape index (κ2) is 9.10. The number of aromatic nitrogens is 2. The van der Waals surface area contributed by atoms with Crippen molar-refractivity contribution in [3.8, 4) is 6.07 Å². The number of benzene rings is 3. The number of hydrogen-bond acceptors (Lipinski definition) is 4. The molecule has 0 saturated carbocycles. The number of amides is 2. The zero-order chi connectivity index (χ0) is 22.7. The first-order valence-corrected chi connectivity index (χ1v) is 10.2. The molecular formula is C23H15Cl2N5O2. The van der Waals surface area contributed by atoms with Gasteiger partial charge in [0.25, 0.3) is 5.56 Å². The van der Waals surface area contributed by atoms with Crippen LogP contribution in [0.3, 0.4) is 0 Å². The van der Waals surface area contributed by atoms with E-state index in [9.17, 15) is 9.59 Å². The summed E-state index contributed by atoms with van der Waals surface area (Å²) in [4.78, 5) is 24.7. The van der Waals surface area contributed by atoms with Crippen LogP contribution in [-0.4, -0.2) is 16.2 Å². The van der Waals surface area contributed by atoms with Crippen LogP contribution in [-0.2, 0) is 6.42 Å². The molecule has 0 radical (unpaired) electrons. The molecule has 3 N–H and O–H groups in total. The smallest absolute Gasteiger partial charge is 0.308 e. The third kappa shape index (κ3) is 4.72. The summed E-state index contributed by atoms with van der Waals surface area (Å²) in [6.07, 6.45) is 0.476. The molecule has 2 amide bonds. The van der Waals surface area contributed by atoms with Crippen molar-refractivity contribution < 1.29 is 4.79 Å². The van der Waals surface area contributed by atoms with Gasteiger partial charge in [0.2, 0.25) is 0 Å². The van der Waals surface area contributed by atoms with Crippen LogP contribution in [0.1, 0.15) is 16.8 Å². The van der Waals surface area contributed by atoms with Crippen LogP contribution >= 0.6 is 23.2 Å². The summed E-state index contributed by atoms with van der Waals surface area (Å²) in [5.74, 6) is 0. The Hall–Kier alpha value is -3.86. The summed E-state index contributed by atoms with van der Waals surface area (Å²) < 4.78 is 0. The maximum absolute atomic E-state index is 12.4. The van der Waals surface area contributed by atoms with Crippen LogP contribution < -0.4 is 16.2 Å². The summed E-state index contributed by atoms with van der Waals surface area (Å²) in [5, 5.41) is 22.8. The number of aromatic amines is 1. The van der Waals surface area contributed by atoms with Crippen LogP contribution in [0.25, 0.3) is 10.8 Å². The Bertz CT molecular complexity index is 1430. The van der Waals surface area contributed by atoms with E-state index >= 15 is 0 Å². The predicted molar refractivity (Wildman–Crippen MR) is 125 cm³/mol. The first-order valence-electron chi connectivity index (χ1n) is 9.46. The van der Waals surface area contributed by atoms with Crippen molar-refractivity contribution in [1.82, 2.24) is 10.2 Å². The molecule has 4 aromatic rings. The lowest BCUT2D eigenvalue weighted by atomic mass is 10.0. The standard InChI is InChI=1S/C23H15Cl2N5O2/c24-19-8-6-16(11-20(19)25)28-23(32)27-15-5-7-17-18(10-15)22(31)30-29-21(17)9-13-1-3-14(12-26)4-2-13/h1-8,10-11H,9H2,(H,30,31)(H2,27,28,32). The summed E-state index contributed by atoms with van der Waals surface area (Å²) >= 11 is 11.9. The SMILES string of the molecule is N#Cc1ccc(Cc2n[nH]c(=O)c3cc(NC(=O)Nc4ccc(Cl)c(Cl)c4)ccc23)cc1. The van der Waals surface area contributed by atoms with Crippen LogP contribution in [0.15, 0.2) is 65.5 Å². The number of rotatable bonds is 4. The molecule has 0 aliphatic carbocycles. The molecule has 0 saturated heterocycles. The number of fused-ring (bicyclic) bond motifs is 1. The highest BCUT2D eigenvalue weighted by Crippen LogP contribution is 2.25. The van der Waals surface area contributed by atoms with Gasteiger partial charge in [0.15, 0.2) is 0 Å². The molecule has 3 aromatic carbocycles. The summed E-state index contributed by atoms with van der Waals surface area (Å²) in [6, 6.07) is 18.5. The van der Waals surface area contributed by atoms with Gasteiger partial charge < -0.3 is 10.6 Å². The average Bonchev–Trinajstić information content (AvgIpc) is 2.79. The van der Waals surface area contributed by atoms with Gasteiger partial charge in [-0.1, -0.05) is 41.4 Å². The molecule has 1 heterocycles. The fourth-order valence-electron chi connectivity index (χ4n) is 3.19. The Morgan fingerprint density at radius 1 is 0.938 bits per heavy atom. The largest absolute Gasteiger partial charge is 0.323 e. The first kappa shape index (κ1) is 21.4. The van der Waals surface area contributed by atoms with Crippen LogP contribution in [0.4, 0.5) is 16.2 Å². The molecule has 0 atom stereocenters. The number of carbonyl (C=O) groups is 1. The van der Waals surface area contributed by atoms with E-state index in [1.165, 1.54) is 6.07 Å². The number of anilines is 2. The minimum atomic E-state index is -0.494. The van der Waals surface area contributed by atoms with E-state index in [1.807, 2.05) is 12.1 Å². The van der Waals surface area contributed by atoms with Gasteiger partial charge in [0, 0.05) is 23.2 Å². The Labute approximate surface area is 192 Å². The van der Waals surface area contributed by atoms with Crippen molar-refractivity contribution in [1.29, 1.82) is 5.26 Å². The highest BCUT2D eigenvalue weighted by atomic mass is 35.5. The van der Waals surface area contributed by atoms with Gasteiger partial charge in [-0.25, -0.2) is 9.89 Å². The summed E-state index contributed by atoms with van der Waals surface area (Å²) in [5.41, 5.74) is 2.75. The van der Waals surface area contributed by atoms with Gasteiger partial charge >= 0.3 is 6.03 Å². The number of nitrogens with zero attached hydrogens (tertiary/aromatic N) is 2. The Morgan fingerprint density at radius 2 is 1.62 bits per heavy atom. The Morgan fingerprint density at radius 3 is 2.31 bits per heavy atom. The van der Waals surface area contributed by atoms with E-state index in [4.69, 9.17) is 28.5 Å². The first-order chi connectivity index (χ1) is 15.4. The molecule has 158 valence electrons. The Balaban J connectivity index is 1.56. The normalized spacial score (nSPS) is 10.5. The van der Waals surface area contributed by atoms with E-state index in [1.54, 1.807) is 42.5 Å². The van der Waals surface area contributed by atoms with E-state index in [-0.39, 0.29) is 5.56 Å². The maximum Gasteiger partial charge on any atom is 0.323 e. The average molecular weight is 464 g/mol. The van der Waals surface area contributed by atoms with Crippen molar-refractivity contribution in [2.24, 2.45) is 0 Å². The number of H-pyrrole nitrogens is 1. The maximum atomic E-state index is 12.4. The predicted octanol–water partition coefficient (Wildman–Crippen LogP) is 5.34. The highest BCUT2D eigenvalue weighted by Gasteiger charge is 2.11. The molecule has 0 bridgehead atoms. The molecule has 0 aliphatic heterocycles. The zero-order valence-corrected chi connectivity index (χ0v) is 18.0. The third-order valence-electron chi connectivity index (χ3n) is 4.76. The molecule has 4 rings (SSSR count). The molecule has 32 heavy (non-hydrogen) atoms. The van der Waals surface area contributed by atoms with Crippen molar-refractivity contribution in [2.45, 2.75) is 6.42 Å². The van der Waals surface area contributed by atoms with Gasteiger partial charge in [0.1, 0.15) is 0 Å². The van der Waals surface area contributed by atoms with Gasteiger partial charge in [-0.05, 0) is 48.0 Å². The molecule has 0 spiro atoms. The lowest BCUT2D eigenvalue weighted by Gasteiger charge is -2.10. The van der Waals surface area contributed by atoms with E-state index in [0.717, 1.165) is 5.56 Å². The van der Waals surface area contributed by atoms with Crippen LogP contribution in [0, 0.1) is 11.3 Å². The zero-order valence-electron chi connectivity index (χ0n) is 16.4. The summed E-state index contributed by atoms with van der Waals surface area (Å²) in [6.45, 7) is 0. The van der Waals surface area contributed by atoms with Crippen LogP contribution in [0.5, 0.6) is 0 Å². The minimum absolute atomic E-state index is 0.323. The molecule has 1 aromatic heterocycles. The molecule has 0 aliphatic rings. The number of halogens is 2. The molecule has 7 nitrogen and oxygen atoms in total. The number of hydrogen-bond donors (Lipinski definition) is 3. The Kier molecular flexibility index (Phi) is 6.08. The van der Waals surface area contributed by atoms with Gasteiger partial charge in [-0.3, -0.25) is 4.79 Å². The van der Waals surface area contributed by atoms with E-state index < -0.39 is 6.03 Å². The van der Waals surface area contributed by atoms with Crippen molar-refractivity contribution >= 4 is 51.4 Å². The number of urea groups is 1. The van der Waals surface area contributed by atoms with Gasteiger partial charge in [-0.15, -0.1) is 0 Å². The quantitative estimate of drug-likeness (QED) is 0.379. The van der Waals surface area contributed by atoms with Gasteiger partial charge in [-0.2, -0.15) is 10.4 Å². The lowest BCUT2D eigenvalue weighted by molar-refractivity contribution is 0.262. The third-order valence-corrected chi connectivity index (χ3v) is 5.50. The fourth-order valence-corrected chi connectivity index (χ4v) is 3.49. The fraction of sp³-hybridized carbons (Fsp3) is 0.0435. The summed E-state index contributed by atoms with van der Waals surface area (Å²) in [7, 11) is 0. The molecule has 0 unspecified atom stereocenters. The lowest BCUT2D eigenvalue weighted by Crippen LogP contribution is -2.20. The number of nitriles is 1. The van der Waals surface area contributed by atoms with E-state index in [2.05, 4.69) is 26.9 Å². The minimum Gasteiger partial charge on any atom is -0.308 e. The molecule has 9 heteroatoms. The van der Waals surface area contributed by atoms with E-state index in [0.29, 0.717) is 49.9 Å². The second-order valence-corrected chi connectivity index (χ2v) is 7.77. The highest BCUT2D eigenvalue weighted by molar-refractivity contribution is 6.42. The topological polar surface area (TPSA) is 111 Å². The van der Waals surface area contributed by atoms with Crippen molar-refractivity contribution in [3.63, 3.8) is 0 Å². The number of carbonyl (C=O) groups excluding carboxylic acids is 1. The van der Waals surface area contributed by atoms with Crippen molar-refractivity contribution in [2.75, 3.05) is 10.6 Å². The van der Waals surface area contributed by atoms with Crippen LogP contribution in [0.2, 0.25) is 10.0 Å². The second-order valence-electron chi connectivity index (χ2n) is 6.95. The molecular weight excluding hydrogens is 449 g/mol. The monoisotopic (exact) mass is 463 g/mol. The number of nitrogens with one attached hydrogen (secondary N) is 3. The van der Waals surface area contributed by atoms with Gasteiger partial charge in [0.05, 0.1) is 32.8 Å². The molecule has 0 fully saturated rings. The van der Waals surface area contributed by atoms with Crippen molar-refractivity contribution in [3.05, 3.63) is 97.9 Å².